The van der Waals surface area contributed by atoms with E-state index in [1.165, 1.54) is 12.0 Å². The summed E-state index contributed by atoms with van der Waals surface area (Å²) in [5.74, 6) is -7.96. The van der Waals surface area contributed by atoms with Crippen molar-refractivity contribution in [3.63, 3.8) is 0 Å². The third kappa shape index (κ3) is 14.3. The van der Waals surface area contributed by atoms with Crippen LogP contribution in [-0.4, -0.2) is 132 Å². The lowest BCUT2D eigenvalue weighted by Gasteiger charge is -2.42. The van der Waals surface area contributed by atoms with Gasteiger partial charge in [-0.3, -0.25) is 19.2 Å². The molecule has 3 heterocycles. The number of amides is 1. The normalized spacial score (nSPS) is 39.1. The molecule has 4 rings (SSSR count). The Bertz CT molecular complexity index is 1760. The van der Waals surface area contributed by atoms with Gasteiger partial charge in [-0.25, -0.2) is 4.79 Å². The number of carbonyl (C=O) groups is 5. The zero-order chi connectivity index (χ0) is 48.2. The van der Waals surface area contributed by atoms with Crippen LogP contribution in [0.3, 0.4) is 0 Å². The second kappa shape index (κ2) is 25.1. The molecular weight excluding hydrogens is 835 g/mol. The molecule has 1 amide bonds. The fraction of sp³-hybridized carbons (Fsp3) is 0.745. The van der Waals surface area contributed by atoms with Gasteiger partial charge in [0.25, 0.3) is 11.7 Å². The second-order valence-corrected chi connectivity index (χ2v) is 19.6. The van der Waals surface area contributed by atoms with Crippen molar-refractivity contribution in [2.45, 2.75) is 180 Å². The van der Waals surface area contributed by atoms with Gasteiger partial charge < -0.3 is 43.9 Å². The molecule has 2 bridgehead atoms. The average Bonchev–Trinajstić information content (AvgIpc) is 3.28. The highest BCUT2D eigenvalue weighted by atomic mass is 16.6. The number of aliphatic hydroxyl groups is 3. The van der Waals surface area contributed by atoms with Crippen molar-refractivity contribution in [1.29, 1.82) is 0 Å². The molecule has 3 aliphatic heterocycles. The standard InChI is InChI=1S/C51H79NO13/c1-30-16-12-11-13-17-31(2)42(61-8)28-38-21-19-36(7)51(60,65-38)48(57)49(58)52-23-15-14-18-39(52)50(59)64-43(33(4)26-37-20-22-40(53)44(27-37)62-9)29-41(54)32(3)25-35(6)46(56)47(63-10)45(55)34(5)24-30/h11-13,16-17,25,30,32-34,36-40,42-44,46-47,53,56,60H,14-15,18-24,26-29H2,1-10H3/b13-11+,16-12?,31-17?,35-25-/t30-,32-,33-,34-,36-,37+,38+,39+,40-,42+,43+,44-,46-,47+,51-/m1/s1. The Hall–Kier alpha value is -3.37. The predicted octanol–water partition coefficient (Wildman–Crippen LogP) is 6.18. The van der Waals surface area contributed by atoms with E-state index < -0.39 is 83.9 Å². The summed E-state index contributed by atoms with van der Waals surface area (Å²) in [5.41, 5.74) is 1.27. The first-order chi connectivity index (χ1) is 30.7. The number of hydrogen-bond acceptors (Lipinski definition) is 13. The number of piperidine rings is 1. The van der Waals surface area contributed by atoms with Gasteiger partial charge in [-0.05, 0) is 107 Å². The van der Waals surface area contributed by atoms with Crippen LogP contribution in [0.25, 0.3) is 0 Å². The second-order valence-electron chi connectivity index (χ2n) is 19.6. The molecule has 0 aromatic carbocycles. The SMILES string of the molecule is CO[C@H]1C[C@@H]2CC[C@@H](C)[C@@](O)(O2)C(=O)C(=O)N2CCCC[C@H]2C(=O)O[C@H]([C@H](C)C[C@@H]2CC[C@@H](O)[C@H](OC)C2)CC(=O)[C@H](C)/C=C(/C)[C@@H](O)[C@@H](OC)C(=O)[C@H](C)C[C@H](C)C=C/C=C/C=C1C. The zero-order valence-corrected chi connectivity index (χ0v) is 40.6. The molecule has 3 fully saturated rings. The smallest absolute Gasteiger partial charge is 0.329 e. The molecule has 14 nitrogen and oxygen atoms in total. The van der Waals surface area contributed by atoms with Crippen LogP contribution in [0.5, 0.6) is 0 Å². The fourth-order valence-electron chi connectivity index (χ4n) is 10.1. The molecule has 2 saturated heterocycles. The van der Waals surface area contributed by atoms with Crippen LogP contribution in [-0.2, 0) is 47.7 Å². The minimum atomic E-state index is -2.43. The van der Waals surface area contributed by atoms with E-state index >= 15 is 0 Å². The molecule has 0 radical (unpaired) electrons. The summed E-state index contributed by atoms with van der Waals surface area (Å²) >= 11 is 0. The summed E-state index contributed by atoms with van der Waals surface area (Å²) in [6.45, 7) is 12.7. The number of allylic oxidation sites excluding steroid dienone is 6. The van der Waals surface area contributed by atoms with Crippen LogP contribution in [0.2, 0.25) is 0 Å². The molecule has 15 atom stereocenters. The number of hydrogen-bond donors (Lipinski definition) is 3. The molecule has 1 saturated carbocycles. The third-order valence-corrected chi connectivity index (χ3v) is 14.5. The van der Waals surface area contributed by atoms with Crippen LogP contribution < -0.4 is 0 Å². The van der Waals surface area contributed by atoms with E-state index in [4.69, 9.17) is 23.7 Å². The van der Waals surface area contributed by atoms with Crippen LogP contribution >= 0.6 is 0 Å². The van der Waals surface area contributed by atoms with E-state index in [9.17, 15) is 39.3 Å². The van der Waals surface area contributed by atoms with Crippen molar-refractivity contribution in [2.24, 2.45) is 35.5 Å². The van der Waals surface area contributed by atoms with E-state index in [2.05, 4.69) is 0 Å². The number of Topliss-reactive ketones (excluding diaryl/α,β-unsaturated/α-hetero) is 3. The molecule has 0 unspecified atom stereocenters. The summed E-state index contributed by atoms with van der Waals surface area (Å²) in [4.78, 5) is 71.8. The van der Waals surface area contributed by atoms with Crippen LogP contribution in [0.1, 0.15) is 126 Å². The molecule has 14 heteroatoms. The Kier molecular flexibility index (Phi) is 21.0. The predicted molar refractivity (Wildman–Crippen MR) is 245 cm³/mol. The minimum Gasteiger partial charge on any atom is -0.460 e. The van der Waals surface area contributed by atoms with Gasteiger partial charge in [-0.2, -0.15) is 0 Å². The molecule has 1 aliphatic carbocycles. The largest absolute Gasteiger partial charge is 0.460 e. The number of fused-ring (bicyclic) bond motifs is 3. The van der Waals surface area contributed by atoms with Crippen molar-refractivity contribution >= 4 is 29.2 Å². The summed E-state index contributed by atoms with van der Waals surface area (Å²) in [5, 5.41) is 33.8. The lowest BCUT2D eigenvalue weighted by atomic mass is 9.78. The summed E-state index contributed by atoms with van der Waals surface area (Å²) in [7, 11) is 4.52. The van der Waals surface area contributed by atoms with E-state index in [-0.39, 0.29) is 54.8 Å². The number of carbonyl (C=O) groups excluding carboxylic acids is 5. The topological polar surface area (TPSA) is 195 Å². The number of aliphatic hydroxyl groups excluding tert-OH is 2. The molecule has 0 aromatic rings. The van der Waals surface area contributed by atoms with Crippen LogP contribution in [0, 0.1) is 35.5 Å². The van der Waals surface area contributed by atoms with Gasteiger partial charge >= 0.3 is 5.97 Å². The highest BCUT2D eigenvalue weighted by Gasteiger charge is 2.53. The maximum atomic E-state index is 14.4. The molecule has 0 spiro atoms. The number of methoxy groups -OCH3 is 3. The molecule has 4 aliphatic rings. The minimum absolute atomic E-state index is 0.0193. The molecular formula is C51H79NO13. The number of esters is 1. The van der Waals surface area contributed by atoms with Crippen molar-refractivity contribution < 1.29 is 63.0 Å². The number of ketones is 3. The number of rotatable bonds is 6. The zero-order valence-electron chi connectivity index (χ0n) is 40.6. The Balaban J connectivity index is 1.70. The van der Waals surface area contributed by atoms with Gasteiger partial charge in [-0.1, -0.05) is 71.1 Å². The molecule has 3 N–H and O–H groups in total. The Labute approximate surface area is 387 Å². The first-order valence-corrected chi connectivity index (χ1v) is 23.9. The molecule has 366 valence electrons. The average molecular weight is 914 g/mol. The Morgan fingerprint density at radius 1 is 0.846 bits per heavy atom. The van der Waals surface area contributed by atoms with Crippen molar-refractivity contribution in [3.05, 3.63) is 47.6 Å². The summed E-state index contributed by atoms with van der Waals surface area (Å²) in [6, 6.07) is -1.14. The van der Waals surface area contributed by atoms with E-state index in [1.807, 2.05) is 58.1 Å². The van der Waals surface area contributed by atoms with E-state index in [1.54, 1.807) is 41.1 Å². The van der Waals surface area contributed by atoms with Crippen molar-refractivity contribution in [2.75, 3.05) is 27.9 Å². The monoisotopic (exact) mass is 914 g/mol. The molecule has 0 aromatic heterocycles. The number of ether oxygens (including phenoxy) is 5. The van der Waals surface area contributed by atoms with Crippen LogP contribution in [0.4, 0.5) is 0 Å². The summed E-state index contributed by atoms with van der Waals surface area (Å²) in [6.07, 6.45) is 11.2. The maximum absolute atomic E-state index is 14.4. The van der Waals surface area contributed by atoms with E-state index in [0.29, 0.717) is 63.4 Å². The lowest BCUT2D eigenvalue weighted by Crippen LogP contribution is -2.61. The van der Waals surface area contributed by atoms with Gasteiger partial charge in [0.2, 0.25) is 5.79 Å². The fourth-order valence-corrected chi connectivity index (χ4v) is 10.1. The summed E-state index contributed by atoms with van der Waals surface area (Å²) < 4.78 is 29.4. The van der Waals surface area contributed by atoms with Gasteiger partial charge in [0.15, 0.2) is 5.78 Å². The van der Waals surface area contributed by atoms with Crippen molar-refractivity contribution in [1.82, 2.24) is 4.90 Å². The van der Waals surface area contributed by atoms with Crippen LogP contribution in [0.15, 0.2) is 47.6 Å². The lowest BCUT2D eigenvalue weighted by molar-refractivity contribution is -0.265. The van der Waals surface area contributed by atoms with Gasteiger partial charge in [0.05, 0.1) is 24.4 Å². The Morgan fingerprint density at radius 2 is 1.57 bits per heavy atom. The highest BCUT2D eigenvalue weighted by molar-refractivity contribution is 6.39. The van der Waals surface area contributed by atoms with E-state index in [0.717, 1.165) is 12.0 Å². The van der Waals surface area contributed by atoms with Crippen molar-refractivity contribution in [3.8, 4) is 0 Å². The maximum Gasteiger partial charge on any atom is 0.329 e. The first-order valence-electron chi connectivity index (χ1n) is 23.9. The number of nitrogens with zero attached hydrogens (tertiary/aromatic N) is 1. The Morgan fingerprint density at radius 3 is 2.25 bits per heavy atom. The quantitative estimate of drug-likeness (QED) is 0.156. The van der Waals surface area contributed by atoms with Gasteiger partial charge in [-0.15, -0.1) is 0 Å². The van der Waals surface area contributed by atoms with Gasteiger partial charge in [0.1, 0.15) is 30.1 Å². The third-order valence-electron chi connectivity index (χ3n) is 14.5. The van der Waals surface area contributed by atoms with Gasteiger partial charge in [0, 0.05) is 58.5 Å². The molecule has 65 heavy (non-hydrogen) atoms. The number of cyclic esters (lactones) is 1. The highest BCUT2D eigenvalue weighted by Crippen LogP contribution is 2.38. The first kappa shape index (κ1) is 54.2.